The van der Waals surface area contributed by atoms with Crippen LogP contribution in [0.1, 0.15) is 29.0 Å². The first-order valence-corrected chi connectivity index (χ1v) is 10.6. The van der Waals surface area contributed by atoms with E-state index in [0.717, 1.165) is 11.1 Å². The molecule has 9 heteroatoms. The number of carboxylic acid groups (broad SMARTS) is 1. The number of H-pyrrole nitrogens is 1. The number of carbonyl (C=O) groups is 1. The molecule has 0 bridgehead atoms. The second-order valence-electron chi connectivity index (χ2n) is 7.00. The van der Waals surface area contributed by atoms with Crippen LogP contribution in [-0.2, 0) is 14.8 Å². The van der Waals surface area contributed by atoms with Crippen LogP contribution in [0, 0.1) is 0 Å². The van der Waals surface area contributed by atoms with Crippen molar-refractivity contribution in [2.45, 2.75) is 17.2 Å². The molecule has 1 atom stereocenters. The molecular formula is C21H20N2O6S. The number of aromatic nitrogens is 1. The molecule has 0 fully saturated rings. The minimum atomic E-state index is -3.68. The number of aromatic amines is 1. The molecule has 2 aromatic carbocycles. The number of fused-ring (bicyclic) bond motifs is 2. The zero-order chi connectivity index (χ0) is 21.6. The van der Waals surface area contributed by atoms with E-state index >= 15 is 0 Å². The fraction of sp³-hybridized carbons (Fsp3) is 0.190. The van der Waals surface area contributed by atoms with Crippen molar-refractivity contribution in [2.24, 2.45) is 0 Å². The smallest absolute Gasteiger partial charge is 0.304 e. The van der Waals surface area contributed by atoms with E-state index in [-0.39, 0.29) is 17.2 Å². The zero-order valence-corrected chi connectivity index (χ0v) is 17.1. The van der Waals surface area contributed by atoms with Crippen LogP contribution >= 0.6 is 0 Å². The third-order valence-corrected chi connectivity index (χ3v) is 6.72. The molecule has 8 nitrogen and oxygen atoms in total. The Morgan fingerprint density at radius 2 is 2.00 bits per heavy atom. The molecule has 0 amide bonds. The van der Waals surface area contributed by atoms with E-state index in [1.807, 2.05) is 6.07 Å². The average Bonchev–Trinajstić information content (AvgIpc) is 3.22. The van der Waals surface area contributed by atoms with Gasteiger partial charge in [-0.15, -0.1) is 0 Å². The average molecular weight is 428 g/mol. The first kappa shape index (κ1) is 20.0. The summed E-state index contributed by atoms with van der Waals surface area (Å²) in [7, 11) is -0.814. The third-order valence-electron chi connectivity index (χ3n) is 5.31. The molecule has 0 saturated heterocycles. The van der Waals surface area contributed by atoms with Crippen LogP contribution in [0.3, 0.4) is 0 Å². The van der Waals surface area contributed by atoms with E-state index < -0.39 is 21.9 Å². The minimum Gasteiger partial charge on any atom is -0.497 e. The van der Waals surface area contributed by atoms with Crippen molar-refractivity contribution in [3.05, 3.63) is 59.2 Å². The number of hydrogen-bond acceptors (Lipinski definition) is 5. The van der Waals surface area contributed by atoms with Gasteiger partial charge in [0.1, 0.15) is 5.75 Å². The lowest BCUT2D eigenvalue weighted by molar-refractivity contribution is -0.137. The van der Waals surface area contributed by atoms with Crippen molar-refractivity contribution in [3.8, 4) is 11.6 Å². The highest BCUT2D eigenvalue weighted by Gasteiger charge is 2.30. The van der Waals surface area contributed by atoms with Gasteiger partial charge in [0, 0.05) is 16.8 Å². The van der Waals surface area contributed by atoms with Gasteiger partial charge in [0.05, 0.1) is 24.0 Å². The fourth-order valence-corrected chi connectivity index (χ4v) is 4.65. The Kier molecular flexibility index (Phi) is 4.79. The van der Waals surface area contributed by atoms with Crippen LogP contribution < -0.4 is 9.46 Å². The van der Waals surface area contributed by atoms with Crippen LogP contribution in [-0.4, -0.2) is 43.7 Å². The van der Waals surface area contributed by atoms with Gasteiger partial charge in [0.2, 0.25) is 10.0 Å². The number of ether oxygens (including phenoxy) is 1. The molecule has 1 unspecified atom stereocenters. The first-order valence-electron chi connectivity index (χ1n) is 9.15. The summed E-state index contributed by atoms with van der Waals surface area (Å²) in [6, 6.07) is 9.88. The van der Waals surface area contributed by atoms with Crippen molar-refractivity contribution >= 4 is 32.5 Å². The maximum atomic E-state index is 12.2. The number of benzene rings is 2. The van der Waals surface area contributed by atoms with Crippen molar-refractivity contribution in [1.82, 2.24) is 9.71 Å². The normalized spacial score (nSPS) is 15.8. The molecule has 4 N–H and O–H groups in total. The Morgan fingerprint density at radius 1 is 1.23 bits per heavy atom. The van der Waals surface area contributed by atoms with E-state index in [2.05, 4.69) is 9.71 Å². The number of allylic oxidation sites excluding steroid dienone is 1. The second-order valence-corrected chi connectivity index (χ2v) is 8.89. The maximum Gasteiger partial charge on any atom is 0.304 e. The van der Waals surface area contributed by atoms with Gasteiger partial charge in [-0.25, -0.2) is 13.1 Å². The number of hydrogen-bond donors (Lipinski definition) is 4. The number of sulfonamides is 1. The van der Waals surface area contributed by atoms with Gasteiger partial charge < -0.3 is 19.9 Å². The molecule has 30 heavy (non-hydrogen) atoms. The van der Waals surface area contributed by atoms with Gasteiger partial charge >= 0.3 is 5.97 Å². The number of carboxylic acids is 1. The molecular weight excluding hydrogens is 408 g/mol. The molecule has 0 aliphatic heterocycles. The molecule has 3 aromatic rings. The molecule has 0 saturated carbocycles. The maximum absolute atomic E-state index is 12.2. The summed E-state index contributed by atoms with van der Waals surface area (Å²) in [6.07, 6.45) is 1.67. The molecule has 4 rings (SSSR count). The summed E-state index contributed by atoms with van der Waals surface area (Å²) in [6.45, 7) is 0. The topological polar surface area (TPSA) is 129 Å². The molecule has 0 radical (unpaired) electrons. The SMILES string of the molecule is CNS(=O)(=O)c1ccc2[nH]c(O)c(C3=CC(CC(=O)O)c4cc(OC)ccc43)c2c1. The summed E-state index contributed by atoms with van der Waals surface area (Å²) >= 11 is 0. The highest BCUT2D eigenvalue weighted by atomic mass is 32.2. The molecule has 1 aliphatic rings. The number of aromatic hydroxyl groups is 1. The van der Waals surface area contributed by atoms with Crippen LogP contribution in [0.25, 0.3) is 16.5 Å². The van der Waals surface area contributed by atoms with Gasteiger partial charge in [-0.1, -0.05) is 12.1 Å². The van der Waals surface area contributed by atoms with E-state index in [4.69, 9.17) is 4.74 Å². The Balaban J connectivity index is 1.94. The van der Waals surface area contributed by atoms with Crippen molar-refractivity contribution < 1.29 is 28.2 Å². The van der Waals surface area contributed by atoms with Crippen molar-refractivity contribution in [2.75, 3.05) is 14.2 Å². The molecule has 156 valence electrons. The van der Waals surface area contributed by atoms with Crippen molar-refractivity contribution in [3.63, 3.8) is 0 Å². The van der Waals surface area contributed by atoms with Crippen LogP contribution in [0.2, 0.25) is 0 Å². The minimum absolute atomic E-state index is 0.0633. The fourth-order valence-electron chi connectivity index (χ4n) is 3.89. The van der Waals surface area contributed by atoms with Gasteiger partial charge in [-0.2, -0.15) is 0 Å². The second kappa shape index (κ2) is 7.19. The van der Waals surface area contributed by atoms with Crippen LogP contribution in [0.4, 0.5) is 0 Å². The zero-order valence-electron chi connectivity index (χ0n) is 16.3. The van der Waals surface area contributed by atoms with Gasteiger partial charge in [-0.05, 0) is 54.1 Å². The Morgan fingerprint density at radius 3 is 2.67 bits per heavy atom. The van der Waals surface area contributed by atoms with Gasteiger partial charge in [-0.3, -0.25) is 4.79 Å². The van der Waals surface area contributed by atoms with Crippen LogP contribution in [0.15, 0.2) is 47.4 Å². The number of rotatable bonds is 6. The third kappa shape index (κ3) is 3.21. The molecule has 1 heterocycles. The Hall–Kier alpha value is -3.30. The lowest BCUT2D eigenvalue weighted by Gasteiger charge is -2.11. The summed E-state index contributed by atoms with van der Waals surface area (Å²) < 4.78 is 32.1. The molecule has 1 aliphatic carbocycles. The highest BCUT2D eigenvalue weighted by molar-refractivity contribution is 7.89. The lowest BCUT2D eigenvalue weighted by atomic mass is 9.96. The monoisotopic (exact) mass is 428 g/mol. The highest BCUT2D eigenvalue weighted by Crippen LogP contribution is 2.47. The summed E-state index contributed by atoms with van der Waals surface area (Å²) in [5.74, 6) is -0.870. The predicted octanol–water partition coefficient (Wildman–Crippen LogP) is 2.79. The van der Waals surface area contributed by atoms with E-state index in [1.54, 1.807) is 24.3 Å². The number of nitrogens with one attached hydrogen (secondary N) is 2. The van der Waals surface area contributed by atoms with E-state index in [1.165, 1.54) is 26.3 Å². The molecule has 1 aromatic heterocycles. The quantitative estimate of drug-likeness (QED) is 0.478. The molecule has 0 spiro atoms. The van der Waals surface area contributed by atoms with E-state index in [0.29, 0.717) is 27.8 Å². The van der Waals surface area contributed by atoms with E-state index in [9.17, 15) is 23.4 Å². The summed E-state index contributed by atoms with van der Waals surface area (Å²) in [5.41, 5.74) is 3.17. The predicted molar refractivity (Wildman–Crippen MR) is 111 cm³/mol. The van der Waals surface area contributed by atoms with Crippen LogP contribution in [0.5, 0.6) is 11.6 Å². The van der Waals surface area contributed by atoms with Gasteiger partial charge in [0.25, 0.3) is 0 Å². The van der Waals surface area contributed by atoms with Gasteiger partial charge in [0.15, 0.2) is 5.88 Å². The standard InChI is InChI=1S/C21H20N2O6S/c1-22-30(27,28)13-4-6-18-17(10-13)20(21(26)23-18)16-7-11(8-19(24)25)15-9-12(29-2)3-5-14(15)16/h3-7,9-11,22-23,26H,8H2,1-2H3,(H,24,25). The largest absolute Gasteiger partial charge is 0.497 e. The summed E-state index contributed by atoms with van der Waals surface area (Å²) in [5, 5.41) is 20.5. The van der Waals surface area contributed by atoms with Crippen molar-refractivity contribution in [1.29, 1.82) is 0 Å². The first-order chi connectivity index (χ1) is 14.2. The number of aliphatic carboxylic acids is 1. The number of methoxy groups -OCH3 is 1. The Labute approximate surface area is 172 Å². The lowest BCUT2D eigenvalue weighted by Crippen LogP contribution is -2.18. The Bertz CT molecular complexity index is 1310. The summed E-state index contributed by atoms with van der Waals surface area (Å²) in [4.78, 5) is 14.3.